The molecular weight excluding hydrogens is 761 g/mol. The third-order valence-corrected chi connectivity index (χ3v) is 12.4. The summed E-state index contributed by atoms with van der Waals surface area (Å²) in [6, 6.07) is 47.3. The van der Waals surface area contributed by atoms with Gasteiger partial charge in [0.25, 0.3) is 0 Å². The Morgan fingerprint density at radius 1 is 0.581 bits per heavy atom. The maximum atomic E-state index is 9.32. The van der Waals surface area contributed by atoms with Crippen LogP contribution >= 0.6 is 0 Å². The standard InChI is InChI=1S/C54H38N8/c1-33-31-54(2)24-6-26-59-50(54)49-46(33)44(23-28-58-49)40-8-4-10-42(30-40)53-61-51(38-18-16-36(17-19-38)35-14-12-34(32-55)13-15-35)60-52(62-53)41-9-3-7-39(29-41)43-22-27-57-48-45(43)21-20-37-11-5-25-56-47(37)48/h3-23,25-30,33H,24,31H2,1-2H3. The molecule has 0 saturated heterocycles. The lowest BCUT2D eigenvalue weighted by molar-refractivity contribution is 0.382. The van der Waals surface area contributed by atoms with Crippen LogP contribution in [0.2, 0.25) is 0 Å². The lowest BCUT2D eigenvalue weighted by Crippen LogP contribution is -2.37. The number of pyridine rings is 3. The smallest absolute Gasteiger partial charge is 0.164 e. The molecule has 2 atom stereocenters. The number of nitriles is 1. The summed E-state index contributed by atoms with van der Waals surface area (Å²) in [4.78, 5) is 34.8. The summed E-state index contributed by atoms with van der Waals surface area (Å²) >= 11 is 0. The van der Waals surface area contributed by atoms with Gasteiger partial charge in [-0.05, 0) is 100 Å². The van der Waals surface area contributed by atoms with E-state index in [1.807, 2.05) is 67.3 Å². The van der Waals surface area contributed by atoms with Crippen LogP contribution in [0.15, 0.2) is 169 Å². The zero-order valence-electron chi connectivity index (χ0n) is 34.2. The van der Waals surface area contributed by atoms with Crippen molar-refractivity contribution >= 4 is 27.5 Å². The van der Waals surface area contributed by atoms with Crippen LogP contribution in [0.4, 0.5) is 0 Å². The van der Waals surface area contributed by atoms with Crippen molar-refractivity contribution < 1.29 is 0 Å². The fraction of sp³-hybridized carbons (Fsp3) is 0.111. The molecule has 4 aromatic heterocycles. The number of benzene rings is 5. The highest BCUT2D eigenvalue weighted by Gasteiger charge is 2.41. The van der Waals surface area contributed by atoms with Crippen molar-refractivity contribution in [3.05, 3.63) is 181 Å². The van der Waals surface area contributed by atoms with Gasteiger partial charge in [-0.1, -0.05) is 111 Å². The van der Waals surface area contributed by atoms with E-state index in [0.29, 0.717) is 29.0 Å². The largest absolute Gasteiger partial charge is 0.259 e. The minimum atomic E-state index is -0.0278. The van der Waals surface area contributed by atoms with Crippen LogP contribution in [0.3, 0.4) is 0 Å². The molecule has 11 rings (SSSR count). The fourth-order valence-electron chi connectivity index (χ4n) is 9.38. The van der Waals surface area contributed by atoms with Gasteiger partial charge in [0.2, 0.25) is 0 Å². The number of aliphatic imine (C=N–C) groups is 1. The second kappa shape index (κ2) is 14.9. The zero-order valence-corrected chi connectivity index (χ0v) is 34.2. The molecule has 5 aromatic carbocycles. The van der Waals surface area contributed by atoms with E-state index >= 15 is 0 Å². The van der Waals surface area contributed by atoms with Gasteiger partial charge in [0, 0.05) is 57.7 Å². The SMILES string of the molecule is CC1CC2(C)CC=CN=C2c2nccc(-c3cccc(-c4nc(-c5ccc(-c6ccc(C#N)cc6)cc5)nc(-c5cccc(-c6ccnc7c6ccc6cccnc67)c5)n4)c3)c21. The van der Waals surface area contributed by atoms with Gasteiger partial charge in [0.15, 0.2) is 17.5 Å². The lowest BCUT2D eigenvalue weighted by atomic mass is 9.65. The topological polar surface area (TPSA) is 113 Å². The number of aromatic nitrogens is 6. The Balaban J connectivity index is 1.04. The first-order valence-electron chi connectivity index (χ1n) is 20.9. The van der Waals surface area contributed by atoms with Crippen LogP contribution < -0.4 is 0 Å². The molecule has 8 nitrogen and oxygen atoms in total. The summed E-state index contributed by atoms with van der Waals surface area (Å²) < 4.78 is 0. The molecule has 0 amide bonds. The van der Waals surface area contributed by atoms with E-state index in [4.69, 9.17) is 29.9 Å². The molecule has 1 aliphatic carbocycles. The van der Waals surface area contributed by atoms with Crippen LogP contribution in [0, 0.1) is 16.7 Å². The molecule has 0 saturated carbocycles. The molecule has 0 bridgehead atoms. The molecular formula is C54H38N8. The first-order valence-corrected chi connectivity index (χ1v) is 20.9. The Morgan fingerprint density at radius 2 is 1.19 bits per heavy atom. The summed E-state index contributed by atoms with van der Waals surface area (Å²) in [7, 11) is 0. The average Bonchev–Trinajstić information content (AvgIpc) is 3.33. The van der Waals surface area contributed by atoms with E-state index < -0.39 is 0 Å². The number of nitrogens with zero attached hydrogens (tertiary/aromatic N) is 8. The minimum absolute atomic E-state index is 0.0278. The summed E-state index contributed by atoms with van der Waals surface area (Å²) in [5, 5.41) is 11.4. The first-order chi connectivity index (χ1) is 30.4. The summed E-state index contributed by atoms with van der Waals surface area (Å²) in [6.07, 6.45) is 11.7. The predicted molar refractivity (Wildman–Crippen MR) is 247 cm³/mol. The van der Waals surface area contributed by atoms with Gasteiger partial charge in [0.05, 0.1) is 34.1 Å². The van der Waals surface area contributed by atoms with Crippen molar-refractivity contribution in [1.29, 1.82) is 5.26 Å². The van der Waals surface area contributed by atoms with Crippen molar-refractivity contribution in [2.24, 2.45) is 10.4 Å². The van der Waals surface area contributed by atoms with Crippen LogP contribution in [-0.4, -0.2) is 35.6 Å². The highest BCUT2D eigenvalue weighted by atomic mass is 15.0. The minimum Gasteiger partial charge on any atom is -0.259 e. The molecule has 62 heavy (non-hydrogen) atoms. The first kappa shape index (κ1) is 37.0. The van der Waals surface area contributed by atoms with Crippen molar-refractivity contribution in [2.75, 3.05) is 0 Å². The van der Waals surface area contributed by atoms with Gasteiger partial charge in [0.1, 0.15) is 0 Å². The molecule has 2 unspecified atom stereocenters. The van der Waals surface area contributed by atoms with Crippen LogP contribution in [-0.2, 0) is 0 Å². The van der Waals surface area contributed by atoms with E-state index in [1.54, 1.807) is 0 Å². The van der Waals surface area contributed by atoms with Crippen molar-refractivity contribution in [2.45, 2.75) is 32.6 Å². The van der Waals surface area contributed by atoms with Crippen LogP contribution in [0.25, 0.3) is 89.4 Å². The Morgan fingerprint density at radius 3 is 1.92 bits per heavy atom. The second-order valence-corrected chi connectivity index (χ2v) is 16.5. The Kier molecular flexibility index (Phi) is 8.90. The van der Waals surface area contributed by atoms with Gasteiger partial charge >= 0.3 is 0 Å². The number of allylic oxidation sites excluding steroid dienone is 1. The molecule has 294 valence electrons. The summed E-state index contributed by atoms with van der Waals surface area (Å²) in [5.74, 6) is 2.01. The van der Waals surface area contributed by atoms with E-state index in [9.17, 15) is 5.26 Å². The maximum Gasteiger partial charge on any atom is 0.164 e. The zero-order chi connectivity index (χ0) is 41.8. The monoisotopic (exact) mass is 798 g/mol. The maximum absolute atomic E-state index is 9.32. The Hall–Kier alpha value is -8.02. The Labute approximate surface area is 359 Å². The predicted octanol–water partition coefficient (Wildman–Crippen LogP) is 12.5. The Bertz CT molecular complexity index is 3350. The molecule has 0 N–H and O–H groups in total. The molecule has 5 heterocycles. The molecule has 1 aliphatic heterocycles. The van der Waals surface area contributed by atoms with E-state index in [-0.39, 0.29) is 5.41 Å². The fourth-order valence-corrected chi connectivity index (χ4v) is 9.38. The second-order valence-electron chi connectivity index (χ2n) is 16.5. The quantitative estimate of drug-likeness (QED) is 0.154. The third-order valence-electron chi connectivity index (χ3n) is 12.4. The lowest BCUT2D eigenvalue weighted by Gasteiger charge is -2.40. The summed E-state index contributed by atoms with van der Waals surface area (Å²) in [5.41, 5.74) is 14.6. The van der Waals surface area contributed by atoms with Gasteiger partial charge in [-0.25, -0.2) is 15.0 Å². The number of rotatable bonds is 6. The van der Waals surface area contributed by atoms with Crippen molar-refractivity contribution in [3.8, 4) is 73.6 Å². The van der Waals surface area contributed by atoms with Gasteiger partial charge in [-0.3, -0.25) is 19.9 Å². The molecule has 0 radical (unpaired) electrons. The number of hydrogen-bond acceptors (Lipinski definition) is 8. The van der Waals surface area contributed by atoms with Gasteiger partial charge < -0.3 is 0 Å². The summed E-state index contributed by atoms with van der Waals surface area (Å²) in [6.45, 7) is 4.63. The van der Waals surface area contributed by atoms with Gasteiger partial charge in [-0.15, -0.1) is 0 Å². The molecule has 8 heteroatoms. The molecule has 0 spiro atoms. The molecule has 0 fully saturated rings. The third kappa shape index (κ3) is 6.43. The van der Waals surface area contributed by atoms with Crippen molar-refractivity contribution in [3.63, 3.8) is 0 Å². The van der Waals surface area contributed by atoms with Crippen molar-refractivity contribution in [1.82, 2.24) is 29.9 Å². The van der Waals surface area contributed by atoms with Crippen LogP contribution in [0.1, 0.15) is 49.4 Å². The number of fused-ring (bicyclic) bond motifs is 6. The van der Waals surface area contributed by atoms with Crippen LogP contribution in [0.5, 0.6) is 0 Å². The van der Waals surface area contributed by atoms with E-state index in [0.717, 1.165) is 96.1 Å². The highest BCUT2D eigenvalue weighted by Crippen LogP contribution is 2.48. The van der Waals surface area contributed by atoms with Gasteiger partial charge in [-0.2, -0.15) is 5.26 Å². The normalized spacial score (nSPS) is 16.7. The van der Waals surface area contributed by atoms with E-state index in [2.05, 4.69) is 122 Å². The molecule has 2 aliphatic rings. The average molecular weight is 799 g/mol. The number of hydrogen-bond donors (Lipinski definition) is 0. The molecule has 9 aromatic rings. The highest BCUT2D eigenvalue weighted by molar-refractivity contribution is 6.09. The van der Waals surface area contributed by atoms with E-state index in [1.165, 1.54) is 5.56 Å².